The molecule has 0 heterocycles. The Morgan fingerprint density at radius 2 is 1.47 bits per heavy atom. The average molecular weight is 328 g/mol. The van der Waals surface area contributed by atoms with Crippen molar-refractivity contribution in [1.29, 1.82) is 0 Å². The van der Waals surface area contributed by atoms with Gasteiger partial charge in [-0.15, -0.1) is 7.92 Å². The summed E-state index contributed by atoms with van der Waals surface area (Å²) in [6, 6.07) is 0. The van der Waals surface area contributed by atoms with E-state index in [4.69, 9.17) is 0 Å². The van der Waals surface area contributed by atoms with E-state index in [1.165, 1.54) is 34.8 Å². The molecule has 0 unspecified atom stereocenters. The van der Waals surface area contributed by atoms with Crippen molar-refractivity contribution in [2.45, 2.75) is 34.1 Å². The van der Waals surface area contributed by atoms with Gasteiger partial charge in [0.15, 0.2) is 0 Å². The van der Waals surface area contributed by atoms with Gasteiger partial charge in [-0.2, -0.15) is 27.8 Å². The molecular weight excluding hydrogens is 306 g/mol. The summed E-state index contributed by atoms with van der Waals surface area (Å²) in [5, 5.41) is 0. The molecule has 0 aliphatic rings. The van der Waals surface area contributed by atoms with E-state index >= 15 is 0 Å². The molecule has 0 saturated carbocycles. The van der Waals surface area contributed by atoms with Gasteiger partial charge >= 0.3 is 21.7 Å². The summed E-state index contributed by atoms with van der Waals surface area (Å²) in [4.78, 5) is 0. The van der Waals surface area contributed by atoms with Crippen LogP contribution >= 0.6 is 7.92 Å². The van der Waals surface area contributed by atoms with Gasteiger partial charge in [0, 0.05) is 0 Å². The first-order chi connectivity index (χ1) is 6.45. The van der Waals surface area contributed by atoms with Crippen LogP contribution in [0.4, 0.5) is 0 Å². The smallest absolute Gasteiger partial charge is 1.00 e. The Labute approximate surface area is 135 Å². The fourth-order valence-electron chi connectivity index (χ4n) is 2.01. The minimum atomic E-state index is 0. The zero-order valence-electron chi connectivity index (χ0n) is 11.6. The quantitative estimate of drug-likeness (QED) is 0.340. The Morgan fingerprint density at radius 3 is 1.76 bits per heavy atom. The molecular formula is C13H22Cl2PTi. The summed E-state index contributed by atoms with van der Waals surface area (Å²) in [7, 11) is 0.251. The van der Waals surface area contributed by atoms with Crippen molar-refractivity contribution in [2.24, 2.45) is 0 Å². The second-order valence-electron chi connectivity index (χ2n) is 4.53. The molecule has 0 nitrogen and oxygen atoms in total. The molecule has 0 aromatic heterocycles. The van der Waals surface area contributed by atoms with Gasteiger partial charge in [0.05, 0.1) is 0 Å². The maximum Gasteiger partial charge on any atom is 3.00 e. The molecule has 1 radical (unpaired) electrons. The number of rotatable bonds is 3. The molecule has 1 aromatic carbocycles. The first-order valence-electron chi connectivity index (χ1n) is 5.31. The average Bonchev–Trinajstić information content (AvgIpc) is 2.29. The van der Waals surface area contributed by atoms with Crippen LogP contribution in [0.1, 0.15) is 27.8 Å². The third-order valence-corrected chi connectivity index (χ3v) is 4.52. The third-order valence-electron chi connectivity index (χ3n) is 3.40. The normalized spacial score (nSPS) is 9.35. The van der Waals surface area contributed by atoms with E-state index in [1.54, 1.807) is 5.56 Å². The Balaban J connectivity index is -0.000000653. The SMILES string of the molecule is Cc1c(C)c(CCP(C)C)[c-](C)c1C.[Cl-].[Cl-].[Ti+3]. The largest absolute Gasteiger partial charge is 3.00 e. The second kappa shape index (κ2) is 9.93. The Kier molecular flexibility index (Phi) is 13.5. The maximum atomic E-state index is 2.36. The van der Waals surface area contributed by atoms with Gasteiger partial charge in [0.25, 0.3) is 0 Å². The van der Waals surface area contributed by atoms with E-state index in [9.17, 15) is 0 Å². The van der Waals surface area contributed by atoms with Crippen molar-refractivity contribution in [1.82, 2.24) is 0 Å². The van der Waals surface area contributed by atoms with Crippen molar-refractivity contribution in [2.75, 3.05) is 19.5 Å². The van der Waals surface area contributed by atoms with Crippen LogP contribution in [0.5, 0.6) is 0 Å². The Morgan fingerprint density at radius 1 is 1.00 bits per heavy atom. The second-order valence-corrected chi connectivity index (χ2v) is 7.14. The molecule has 17 heavy (non-hydrogen) atoms. The van der Waals surface area contributed by atoms with Crippen molar-refractivity contribution in [3.8, 4) is 0 Å². The van der Waals surface area contributed by atoms with Crippen molar-refractivity contribution < 1.29 is 46.5 Å². The molecule has 0 bridgehead atoms. The number of hydrogen-bond donors (Lipinski definition) is 0. The number of halogens is 2. The third kappa shape index (κ3) is 5.71. The molecule has 0 aliphatic carbocycles. The molecule has 0 N–H and O–H groups in total. The Bertz CT molecular complexity index is 307. The maximum absolute atomic E-state index is 2.36. The molecule has 0 saturated heterocycles. The van der Waals surface area contributed by atoms with Crippen LogP contribution in [-0.4, -0.2) is 19.5 Å². The summed E-state index contributed by atoms with van der Waals surface area (Å²) in [5.41, 5.74) is 7.72. The summed E-state index contributed by atoms with van der Waals surface area (Å²) in [6.07, 6.45) is 2.66. The van der Waals surface area contributed by atoms with Crippen LogP contribution < -0.4 is 24.8 Å². The van der Waals surface area contributed by atoms with Gasteiger partial charge in [-0.05, 0) is 25.9 Å². The zero-order chi connectivity index (χ0) is 10.9. The summed E-state index contributed by atoms with van der Waals surface area (Å²) < 4.78 is 0. The van der Waals surface area contributed by atoms with Gasteiger partial charge in [-0.25, -0.2) is 0 Å². The van der Waals surface area contributed by atoms with Crippen LogP contribution in [0.15, 0.2) is 0 Å². The van der Waals surface area contributed by atoms with Crippen molar-refractivity contribution in [3.63, 3.8) is 0 Å². The predicted octanol–water partition coefficient (Wildman–Crippen LogP) is -2.07. The molecule has 4 heteroatoms. The molecule has 0 amide bonds. The molecule has 0 atom stereocenters. The first-order valence-corrected chi connectivity index (χ1v) is 7.74. The van der Waals surface area contributed by atoms with Crippen LogP contribution in [0.3, 0.4) is 0 Å². The monoisotopic (exact) mass is 327 g/mol. The van der Waals surface area contributed by atoms with E-state index in [1.807, 2.05) is 0 Å². The molecule has 1 rings (SSSR count). The topological polar surface area (TPSA) is 0 Å². The standard InChI is InChI=1S/C13H22P.2ClH.Ti/c1-9-10(2)12(4)13(11(9)3)7-8-14(5)6;;;/h7-8H2,1-6H3;2*1H;/q-1;;;+3/p-2. The predicted molar refractivity (Wildman–Crippen MR) is 68.3 cm³/mol. The fraction of sp³-hybridized carbons (Fsp3) is 0.615. The van der Waals surface area contributed by atoms with E-state index in [2.05, 4.69) is 41.0 Å². The van der Waals surface area contributed by atoms with Crippen LogP contribution in [0.25, 0.3) is 0 Å². The minimum absolute atomic E-state index is 0. The van der Waals surface area contributed by atoms with E-state index in [-0.39, 0.29) is 54.5 Å². The molecule has 0 spiro atoms. The molecule has 1 aromatic rings. The van der Waals surface area contributed by atoms with Gasteiger partial charge in [0.1, 0.15) is 0 Å². The van der Waals surface area contributed by atoms with E-state index < -0.39 is 0 Å². The van der Waals surface area contributed by atoms with Crippen LogP contribution in [0, 0.1) is 27.7 Å². The van der Waals surface area contributed by atoms with Crippen molar-refractivity contribution in [3.05, 3.63) is 27.8 Å². The summed E-state index contributed by atoms with van der Waals surface area (Å²) in [6.45, 7) is 13.8. The van der Waals surface area contributed by atoms with Gasteiger partial charge < -0.3 is 24.8 Å². The van der Waals surface area contributed by atoms with Gasteiger partial charge in [0.2, 0.25) is 0 Å². The fourth-order valence-corrected chi connectivity index (χ4v) is 2.68. The molecule has 97 valence electrons. The molecule has 0 aliphatic heterocycles. The summed E-state index contributed by atoms with van der Waals surface area (Å²) >= 11 is 0. The van der Waals surface area contributed by atoms with Crippen LogP contribution in [0.2, 0.25) is 0 Å². The number of hydrogen-bond acceptors (Lipinski definition) is 0. The van der Waals surface area contributed by atoms with Gasteiger partial charge in [-0.3, -0.25) is 0 Å². The van der Waals surface area contributed by atoms with E-state index in [0.29, 0.717) is 0 Å². The van der Waals surface area contributed by atoms with Gasteiger partial charge in [-0.1, -0.05) is 27.7 Å². The van der Waals surface area contributed by atoms with E-state index in [0.717, 1.165) is 0 Å². The zero-order valence-corrected chi connectivity index (χ0v) is 15.6. The first kappa shape index (κ1) is 23.2. The van der Waals surface area contributed by atoms with Crippen molar-refractivity contribution >= 4 is 7.92 Å². The minimum Gasteiger partial charge on any atom is -1.00 e. The summed E-state index contributed by atoms with van der Waals surface area (Å²) in [5.74, 6) is 0. The molecule has 0 fully saturated rings. The Hall–Kier alpha value is 1.07. The van der Waals surface area contributed by atoms with Crippen LogP contribution in [-0.2, 0) is 28.1 Å².